The van der Waals surface area contributed by atoms with Gasteiger partial charge in [-0.15, -0.1) is 0 Å². The molecule has 188 valence electrons. The number of aromatic nitrogens is 2. The van der Waals surface area contributed by atoms with E-state index in [9.17, 15) is 31.5 Å². The zero-order valence-electron chi connectivity index (χ0n) is 18.4. The third-order valence-electron chi connectivity index (χ3n) is 4.51. The highest BCUT2D eigenvalue weighted by Gasteiger charge is 2.40. The molecule has 0 saturated carbocycles. The van der Waals surface area contributed by atoms with Crippen molar-refractivity contribution in [1.82, 2.24) is 25.7 Å². The largest absolute Gasteiger partial charge is 0.490 e. The molecule has 1 fully saturated rings. The number of amides is 2. The lowest BCUT2D eigenvalue weighted by molar-refractivity contribution is -0.192. The molecule has 2 amide bonds. The quantitative estimate of drug-likeness (QED) is 0.435. The number of carboxylic acid groups (broad SMARTS) is 1. The minimum Gasteiger partial charge on any atom is -0.475 e. The predicted octanol–water partition coefficient (Wildman–Crippen LogP) is 1.59. The van der Waals surface area contributed by atoms with Crippen LogP contribution in [-0.2, 0) is 28.0 Å². The van der Waals surface area contributed by atoms with Gasteiger partial charge in [-0.1, -0.05) is 13.8 Å². The number of hydrogen-bond acceptors (Lipinski definition) is 5. The van der Waals surface area contributed by atoms with Gasteiger partial charge in [-0.05, 0) is 12.3 Å². The second-order valence-electron chi connectivity index (χ2n) is 8.05. The number of aliphatic carboxylic acids is 1. The number of carbonyl (C=O) groups is 3. The smallest absolute Gasteiger partial charge is 0.475 e. The van der Waals surface area contributed by atoms with E-state index in [4.69, 9.17) is 9.90 Å². The van der Waals surface area contributed by atoms with Gasteiger partial charge in [-0.25, -0.2) is 13.6 Å². The molecule has 0 aliphatic carbocycles. The van der Waals surface area contributed by atoms with Gasteiger partial charge in [-0.2, -0.15) is 18.3 Å². The molecule has 2 rings (SSSR count). The zero-order valence-corrected chi connectivity index (χ0v) is 18.4. The molecular formula is C19H28F5N5O4. The van der Waals surface area contributed by atoms with Crippen LogP contribution in [0.1, 0.15) is 38.7 Å². The Kier molecular flexibility index (Phi) is 10.2. The van der Waals surface area contributed by atoms with E-state index in [2.05, 4.69) is 21.0 Å². The monoisotopic (exact) mass is 485 g/mol. The minimum absolute atomic E-state index is 0.0765. The van der Waals surface area contributed by atoms with Crippen LogP contribution in [0.25, 0.3) is 0 Å². The number of rotatable bonds is 7. The zero-order chi connectivity index (χ0) is 25.4. The fraction of sp³-hybridized carbons (Fsp3) is 0.684. The lowest BCUT2D eigenvalue weighted by Gasteiger charge is -2.30. The number of piperidine rings is 1. The molecule has 1 aliphatic rings. The summed E-state index contributed by atoms with van der Waals surface area (Å²) in [6.07, 6.45) is -2.06. The van der Waals surface area contributed by atoms with E-state index in [0.717, 1.165) is 5.56 Å². The summed E-state index contributed by atoms with van der Waals surface area (Å²) in [5.41, 5.74) is 0.837. The molecule has 2 atom stereocenters. The third-order valence-corrected chi connectivity index (χ3v) is 4.51. The predicted molar refractivity (Wildman–Crippen MR) is 106 cm³/mol. The van der Waals surface area contributed by atoms with Crippen molar-refractivity contribution in [1.29, 1.82) is 0 Å². The van der Waals surface area contributed by atoms with Gasteiger partial charge in [0.15, 0.2) is 0 Å². The summed E-state index contributed by atoms with van der Waals surface area (Å²) in [4.78, 5) is 33.7. The van der Waals surface area contributed by atoms with E-state index in [1.807, 2.05) is 13.8 Å². The summed E-state index contributed by atoms with van der Waals surface area (Å²) >= 11 is 0. The van der Waals surface area contributed by atoms with Gasteiger partial charge >= 0.3 is 12.1 Å². The normalized spacial score (nSPS) is 18.6. The van der Waals surface area contributed by atoms with Crippen molar-refractivity contribution in [3.05, 3.63) is 18.0 Å². The van der Waals surface area contributed by atoms with Gasteiger partial charge in [0, 0.05) is 44.7 Å². The molecular weight excluding hydrogens is 457 g/mol. The number of aryl methyl sites for hydroxylation is 1. The average Bonchev–Trinajstić information content (AvgIpc) is 3.09. The Morgan fingerprint density at radius 2 is 1.94 bits per heavy atom. The van der Waals surface area contributed by atoms with E-state index in [1.54, 1.807) is 24.1 Å². The standard InChI is InChI=1S/C17H27F2N5O2.C2HF3O2/c1-11(2)6-13(15(25)21-8-12-9-22-24(3)10-12)23-16(26)14-7-17(18,19)4-5-20-14;3-2(4,5)1(6)7/h9-11,13-14,20H,4-8H2,1-3H3,(H,21,25)(H,23,26);(H,6,7)/t13-,14-;/m0./s1. The molecule has 1 aliphatic heterocycles. The minimum atomic E-state index is -5.08. The van der Waals surface area contributed by atoms with Crippen LogP contribution in [-0.4, -0.2) is 63.4 Å². The van der Waals surface area contributed by atoms with E-state index in [-0.39, 0.29) is 31.3 Å². The van der Waals surface area contributed by atoms with Gasteiger partial charge in [0.2, 0.25) is 11.8 Å². The summed E-state index contributed by atoms with van der Waals surface area (Å²) in [6, 6.07) is -1.75. The molecule has 0 unspecified atom stereocenters. The maximum Gasteiger partial charge on any atom is 0.490 e. The number of nitrogens with zero attached hydrogens (tertiary/aromatic N) is 2. The molecule has 9 nitrogen and oxygen atoms in total. The fourth-order valence-electron chi connectivity index (χ4n) is 2.94. The van der Waals surface area contributed by atoms with Gasteiger partial charge in [0.1, 0.15) is 6.04 Å². The first-order chi connectivity index (χ1) is 15.1. The Hall–Kier alpha value is -2.77. The topological polar surface area (TPSA) is 125 Å². The Morgan fingerprint density at radius 3 is 2.39 bits per heavy atom. The average molecular weight is 485 g/mol. The number of alkyl halides is 5. The van der Waals surface area contributed by atoms with Crippen LogP contribution >= 0.6 is 0 Å². The van der Waals surface area contributed by atoms with Gasteiger partial charge < -0.3 is 21.1 Å². The lowest BCUT2D eigenvalue weighted by atomic mass is 9.98. The molecule has 2 heterocycles. The van der Waals surface area contributed by atoms with E-state index >= 15 is 0 Å². The highest BCUT2D eigenvalue weighted by Crippen LogP contribution is 2.27. The molecule has 4 N–H and O–H groups in total. The number of hydrogen-bond donors (Lipinski definition) is 4. The molecule has 0 radical (unpaired) electrons. The first kappa shape index (κ1) is 28.3. The van der Waals surface area contributed by atoms with E-state index in [0.29, 0.717) is 6.42 Å². The van der Waals surface area contributed by atoms with Crippen LogP contribution in [0.4, 0.5) is 22.0 Å². The highest BCUT2D eigenvalue weighted by molar-refractivity contribution is 5.89. The van der Waals surface area contributed by atoms with Crippen molar-refractivity contribution < 1.29 is 41.4 Å². The summed E-state index contributed by atoms with van der Waals surface area (Å²) in [6.45, 7) is 4.23. The van der Waals surface area contributed by atoms with Gasteiger partial charge in [0.25, 0.3) is 5.92 Å². The van der Waals surface area contributed by atoms with E-state index < -0.39 is 42.5 Å². The third kappa shape index (κ3) is 10.6. The summed E-state index contributed by atoms with van der Waals surface area (Å²) < 4.78 is 60.4. The molecule has 1 aromatic rings. The SMILES string of the molecule is CC(C)C[C@H](NC(=O)[C@@H]1CC(F)(F)CCN1)C(=O)NCc1cnn(C)c1.O=C(O)C(F)(F)F. The molecule has 33 heavy (non-hydrogen) atoms. The number of carboxylic acids is 1. The Balaban J connectivity index is 0.000000675. The summed E-state index contributed by atoms with van der Waals surface area (Å²) in [5, 5.41) is 19.3. The lowest BCUT2D eigenvalue weighted by Crippen LogP contribution is -2.56. The second kappa shape index (κ2) is 11.9. The molecule has 1 saturated heterocycles. The maximum absolute atomic E-state index is 13.5. The van der Waals surface area contributed by atoms with Crippen molar-refractivity contribution in [2.45, 2.75) is 63.8 Å². The Morgan fingerprint density at radius 1 is 1.33 bits per heavy atom. The van der Waals surface area contributed by atoms with Crippen LogP contribution in [0.2, 0.25) is 0 Å². The van der Waals surface area contributed by atoms with Gasteiger partial charge in [0.05, 0.1) is 12.2 Å². The number of nitrogens with one attached hydrogen (secondary N) is 3. The van der Waals surface area contributed by atoms with Crippen molar-refractivity contribution in [2.24, 2.45) is 13.0 Å². The molecule has 0 bridgehead atoms. The maximum atomic E-state index is 13.5. The van der Waals surface area contributed by atoms with Crippen LogP contribution in [0.5, 0.6) is 0 Å². The molecule has 0 aromatic carbocycles. The second-order valence-corrected chi connectivity index (χ2v) is 8.05. The Bertz CT molecular complexity index is 813. The van der Waals surface area contributed by atoms with Gasteiger partial charge in [-0.3, -0.25) is 14.3 Å². The molecule has 0 spiro atoms. The van der Waals surface area contributed by atoms with Crippen LogP contribution < -0.4 is 16.0 Å². The van der Waals surface area contributed by atoms with Crippen LogP contribution in [0, 0.1) is 5.92 Å². The first-order valence-corrected chi connectivity index (χ1v) is 10.1. The molecule has 1 aromatic heterocycles. The van der Waals surface area contributed by atoms with Crippen molar-refractivity contribution in [3.63, 3.8) is 0 Å². The van der Waals surface area contributed by atoms with Crippen molar-refractivity contribution in [3.8, 4) is 0 Å². The fourth-order valence-corrected chi connectivity index (χ4v) is 2.94. The van der Waals surface area contributed by atoms with Crippen molar-refractivity contribution >= 4 is 17.8 Å². The molecule has 14 heteroatoms. The summed E-state index contributed by atoms with van der Waals surface area (Å²) in [5.74, 6) is -6.36. The number of halogens is 5. The van der Waals surface area contributed by atoms with Crippen LogP contribution in [0.15, 0.2) is 12.4 Å². The number of carbonyl (C=O) groups excluding carboxylic acids is 2. The van der Waals surface area contributed by atoms with Crippen LogP contribution in [0.3, 0.4) is 0 Å². The van der Waals surface area contributed by atoms with E-state index in [1.165, 1.54) is 0 Å². The highest BCUT2D eigenvalue weighted by atomic mass is 19.4. The van der Waals surface area contributed by atoms with Crippen molar-refractivity contribution in [2.75, 3.05) is 6.54 Å². The first-order valence-electron chi connectivity index (χ1n) is 10.1. The summed E-state index contributed by atoms with van der Waals surface area (Å²) in [7, 11) is 1.78. The Labute approximate surface area is 187 Å².